The van der Waals surface area contributed by atoms with Crippen molar-refractivity contribution in [3.63, 3.8) is 0 Å². The Morgan fingerprint density at radius 1 is 1.07 bits per heavy atom. The molecule has 0 aliphatic rings. The van der Waals surface area contributed by atoms with Gasteiger partial charge in [0.15, 0.2) is 0 Å². The molecule has 0 saturated heterocycles. The van der Waals surface area contributed by atoms with Crippen molar-refractivity contribution in [3.8, 4) is 23.0 Å². The first-order chi connectivity index (χ1) is 14.1. The number of pyridine rings is 1. The van der Waals surface area contributed by atoms with E-state index in [2.05, 4.69) is 25.4 Å². The number of hydrogen-bond donors (Lipinski definition) is 1. The molecular weight excluding hydrogens is 368 g/mol. The molecule has 0 aliphatic carbocycles. The normalized spacial score (nSPS) is 10.8. The van der Waals surface area contributed by atoms with Crippen molar-refractivity contribution in [1.82, 2.24) is 30.0 Å². The van der Waals surface area contributed by atoms with E-state index in [1.807, 2.05) is 38.1 Å². The van der Waals surface area contributed by atoms with Crippen LogP contribution in [0.15, 0.2) is 59.5 Å². The van der Waals surface area contributed by atoms with Gasteiger partial charge in [-0.25, -0.2) is 4.98 Å². The number of carbonyl (C=O) groups is 1. The number of aryl methyl sites for hydroxylation is 2. The lowest BCUT2D eigenvalue weighted by molar-refractivity contribution is -0.121. The lowest BCUT2D eigenvalue weighted by atomic mass is 10.1. The van der Waals surface area contributed by atoms with Crippen LogP contribution >= 0.6 is 0 Å². The maximum Gasteiger partial charge on any atom is 0.258 e. The average Bonchev–Trinajstić information content (AvgIpc) is 3.36. The van der Waals surface area contributed by atoms with Crippen molar-refractivity contribution in [1.29, 1.82) is 0 Å². The second-order valence-corrected chi connectivity index (χ2v) is 6.72. The highest BCUT2D eigenvalue weighted by Crippen LogP contribution is 2.21. The van der Waals surface area contributed by atoms with Gasteiger partial charge in [0.05, 0.1) is 0 Å². The maximum atomic E-state index is 12.3. The van der Waals surface area contributed by atoms with Gasteiger partial charge >= 0.3 is 0 Å². The minimum atomic E-state index is -0.0942. The summed E-state index contributed by atoms with van der Waals surface area (Å²) < 4.78 is 7.08. The number of benzene rings is 1. The van der Waals surface area contributed by atoms with Crippen LogP contribution in [-0.4, -0.2) is 30.6 Å². The Morgan fingerprint density at radius 2 is 1.83 bits per heavy atom. The molecule has 0 fully saturated rings. The molecule has 1 N–H and O–H groups in total. The van der Waals surface area contributed by atoms with Crippen molar-refractivity contribution in [2.24, 2.45) is 0 Å². The van der Waals surface area contributed by atoms with Crippen LogP contribution < -0.4 is 5.32 Å². The molecular formula is C21H20N6O2. The van der Waals surface area contributed by atoms with Crippen LogP contribution in [0.4, 0.5) is 0 Å². The summed E-state index contributed by atoms with van der Waals surface area (Å²) in [4.78, 5) is 25.1. The molecule has 3 heterocycles. The number of amides is 1. The molecule has 0 unspecified atom stereocenters. The van der Waals surface area contributed by atoms with Crippen molar-refractivity contribution < 1.29 is 9.32 Å². The zero-order valence-corrected chi connectivity index (χ0v) is 16.2. The fraction of sp³-hybridized carbons (Fsp3) is 0.190. The van der Waals surface area contributed by atoms with E-state index in [-0.39, 0.29) is 12.5 Å². The monoisotopic (exact) mass is 388 g/mol. The standard InChI is InChI=1S/C21H20N6O2/c1-14-3-5-16(6-4-14)11-23-19(28)13-27-12-18(24-15(27)2)20-25-21(29-26-20)17-7-9-22-10-8-17/h3-10,12H,11,13H2,1-2H3,(H,23,28). The number of carbonyl (C=O) groups excluding carboxylic acids is 1. The van der Waals surface area contributed by atoms with Crippen molar-refractivity contribution in [2.45, 2.75) is 26.9 Å². The van der Waals surface area contributed by atoms with E-state index < -0.39 is 0 Å². The Bertz CT molecular complexity index is 1120. The molecule has 1 aromatic carbocycles. The van der Waals surface area contributed by atoms with Crippen LogP contribution in [0.25, 0.3) is 23.0 Å². The van der Waals surface area contributed by atoms with E-state index in [1.54, 1.807) is 35.3 Å². The van der Waals surface area contributed by atoms with Crippen molar-refractivity contribution in [2.75, 3.05) is 0 Å². The summed E-state index contributed by atoms with van der Waals surface area (Å²) in [5.74, 6) is 1.37. The van der Waals surface area contributed by atoms with Gasteiger partial charge in [0, 0.05) is 30.7 Å². The highest BCUT2D eigenvalue weighted by Gasteiger charge is 2.15. The van der Waals surface area contributed by atoms with E-state index >= 15 is 0 Å². The first-order valence-corrected chi connectivity index (χ1v) is 9.19. The molecule has 29 heavy (non-hydrogen) atoms. The lowest BCUT2D eigenvalue weighted by Crippen LogP contribution is -2.27. The van der Waals surface area contributed by atoms with Gasteiger partial charge in [-0.15, -0.1) is 0 Å². The van der Waals surface area contributed by atoms with E-state index in [0.29, 0.717) is 29.8 Å². The maximum absolute atomic E-state index is 12.3. The molecule has 0 radical (unpaired) electrons. The average molecular weight is 388 g/mol. The van der Waals surface area contributed by atoms with Crippen LogP contribution in [0.5, 0.6) is 0 Å². The van der Waals surface area contributed by atoms with Crippen LogP contribution in [0, 0.1) is 13.8 Å². The van der Waals surface area contributed by atoms with Crippen LogP contribution in [0.2, 0.25) is 0 Å². The molecule has 146 valence electrons. The molecule has 3 aromatic heterocycles. The Balaban J connectivity index is 1.42. The molecule has 1 amide bonds. The summed E-state index contributed by atoms with van der Waals surface area (Å²) in [7, 11) is 0. The summed E-state index contributed by atoms with van der Waals surface area (Å²) in [6.07, 6.45) is 5.07. The van der Waals surface area contributed by atoms with E-state index in [1.165, 1.54) is 5.56 Å². The van der Waals surface area contributed by atoms with Crippen LogP contribution in [-0.2, 0) is 17.9 Å². The third kappa shape index (κ3) is 4.37. The lowest BCUT2D eigenvalue weighted by Gasteiger charge is -2.07. The Hall–Kier alpha value is -3.81. The summed E-state index contributed by atoms with van der Waals surface area (Å²) in [5, 5.41) is 6.92. The number of aromatic nitrogens is 5. The number of nitrogens with one attached hydrogen (secondary N) is 1. The van der Waals surface area contributed by atoms with Gasteiger partial charge < -0.3 is 14.4 Å². The van der Waals surface area contributed by atoms with Gasteiger partial charge in [-0.2, -0.15) is 4.98 Å². The van der Waals surface area contributed by atoms with Gasteiger partial charge in [0.2, 0.25) is 11.7 Å². The van der Waals surface area contributed by atoms with Gasteiger partial charge in [-0.1, -0.05) is 35.0 Å². The first-order valence-electron chi connectivity index (χ1n) is 9.19. The summed E-state index contributed by atoms with van der Waals surface area (Å²) in [5.41, 5.74) is 3.58. The Kier molecular flexibility index (Phi) is 5.15. The first kappa shape index (κ1) is 18.5. The van der Waals surface area contributed by atoms with Crippen LogP contribution in [0.1, 0.15) is 17.0 Å². The fourth-order valence-corrected chi connectivity index (χ4v) is 2.83. The van der Waals surface area contributed by atoms with E-state index in [0.717, 1.165) is 11.1 Å². The number of imidazole rings is 1. The van der Waals surface area contributed by atoms with Crippen molar-refractivity contribution in [3.05, 3.63) is 71.9 Å². The Labute approximate surface area is 167 Å². The van der Waals surface area contributed by atoms with Crippen molar-refractivity contribution >= 4 is 5.91 Å². The van der Waals surface area contributed by atoms with Gasteiger partial charge in [0.1, 0.15) is 18.1 Å². The summed E-state index contributed by atoms with van der Waals surface area (Å²) in [6, 6.07) is 11.6. The molecule has 0 saturated carbocycles. The largest absolute Gasteiger partial charge is 0.350 e. The van der Waals surface area contributed by atoms with E-state index in [9.17, 15) is 4.79 Å². The number of rotatable bonds is 6. The fourth-order valence-electron chi connectivity index (χ4n) is 2.83. The predicted octanol–water partition coefficient (Wildman–Crippen LogP) is 2.93. The number of nitrogens with zero attached hydrogens (tertiary/aromatic N) is 5. The summed E-state index contributed by atoms with van der Waals surface area (Å²) in [6.45, 7) is 4.52. The molecule has 8 heteroatoms. The second kappa shape index (κ2) is 8.05. The van der Waals surface area contributed by atoms with Gasteiger partial charge in [0.25, 0.3) is 5.89 Å². The summed E-state index contributed by atoms with van der Waals surface area (Å²) >= 11 is 0. The highest BCUT2D eigenvalue weighted by molar-refractivity contribution is 5.76. The SMILES string of the molecule is Cc1ccc(CNC(=O)Cn2cc(-c3noc(-c4ccncc4)n3)nc2C)cc1. The topological polar surface area (TPSA) is 98.7 Å². The number of hydrogen-bond acceptors (Lipinski definition) is 6. The molecule has 0 bridgehead atoms. The van der Waals surface area contributed by atoms with Gasteiger partial charge in [-0.05, 0) is 31.5 Å². The predicted molar refractivity (Wildman–Crippen MR) is 107 cm³/mol. The van der Waals surface area contributed by atoms with Gasteiger partial charge in [-0.3, -0.25) is 9.78 Å². The molecule has 0 aliphatic heterocycles. The minimum Gasteiger partial charge on any atom is -0.350 e. The zero-order valence-electron chi connectivity index (χ0n) is 16.2. The third-order valence-corrected chi connectivity index (χ3v) is 4.48. The smallest absolute Gasteiger partial charge is 0.258 e. The Morgan fingerprint density at radius 3 is 2.59 bits per heavy atom. The zero-order chi connectivity index (χ0) is 20.2. The minimum absolute atomic E-state index is 0.0942. The molecule has 0 spiro atoms. The molecule has 4 rings (SSSR count). The highest BCUT2D eigenvalue weighted by atomic mass is 16.5. The van der Waals surface area contributed by atoms with Crippen LogP contribution in [0.3, 0.4) is 0 Å². The third-order valence-electron chi connectivity index (χ3n) is 4.48. The quantitative estimate of drug-likeness (QED) is 0.545. The molecule has 8 nitrogen and oxygen atoms in total. The second-order valence-electron chi connectivity index (χ2n) is 6.72. The molecule has 4 aromatic rings. The van der Waals surface area contributed by atoms with E-state index in [4.69, 9.17) is 4.52 Å². The molecule has 0 atom stereocenters.